The second-order valence-electron chi connectivity index (χ2n) is 7.99. The van der Waals surface area contributed by atoms with Gasteiger partial charge >= 0.3 is 0 Å². The van der Waals surface area contributed by atoms with E-state index in [2.05, 4.69) is 9.88 Å². The monoisotopic (exact) mass is 453 g/mol. The van der Waals surface area contributed by atoms with Gasteiger partial charge in [0, 0.05) is 31.1 Å². The van der Waals surface area contributed by atoms with Crippen LogP contribution >= 0.6 is 35.0 Å². The Labute approximate surface area is 184 Å². The van der Waals surface area contributed by atoms with E-state index in [9.17, 15) is 4.79 Å². The lowest BCUT2D eigenvalue weighted by Gasteiger charge is -2.42. The fourth-order valence-electron chi connectivity index (χ4n) is 4.58. The molecule has 4 rings (SSSR count). The third kappa shape index (κ3) is 3.74. The average Bonchev–Trinajstić information content (AvgIpc) is 3.05. The van der Waals surface area contributed by atoms with Gasteiger partial charge in [-0.05, 0) is 43.2 Å². The summed E-state index contributed by atoms with van der Waals surface area (Å²) in [5.74, 6) is 0.817. The second kappa shape index (κ2) is 8.02. The molecule has 1 aliphatic heterocycles. The molecule has 1 saturated heterocycles. The Morgan fingerprint density at radius 2 is 1.97 bits per heavy atom. The molecule has 9 heteroatoms. The Balaban J connectivity index is 1.59. The van der Waals surface area contributed by atoms with Crippen LogP contribution in [0.15, 0.2) is 32.8 Å². The summed E-state index contributed by atoms with van der Waals surface area (Å²) in [5.41, 5.74) is 12.7. The molecule has 1 aliphatic carbocycles. The van der Waals surface area contributed by atoms with E-state index >= 15 is 0 Å². The number of nitrogen functional groups attached to an aromatic ring is 1. The molecule has 4 N–H and O–H groups in total. The fourth-order valence-corrected chi connectivity index (χ4v) is 5.99. The minimum Gasteiger partial charge on any atom is -0.382 e. The topological polar surface area (TPSA) is 90.2 Å². The number of hydrogen-bond donors (Lipinski definition) is 2. The molecule has 2 aromatic rings. The first kappa shape index (κ1) is 20.8. The molecule has 2 heterocycles. The zero-order valence-electron chi connectivity index (χ0n) is 16.3. The van der Waals surface area contributed by atoms with Gasteiger partial charge in [-0.25, -0.2) is 0 Å². The van der Waals surface area contributed by atoms with Gasteiger partial charge in [0.05, 0.1) is 10.0 Å². The van der Waals surface area contributed by atoms with E-state index in [1.165, 1.54) is 24.6 Å². The smallest absolute Gasteiger partial charge is 0.270 e. The molecule has 0 unspecified atom stereocenters. The number of anilines is 2. The molecule has 1 aromatic heterocycles. The first-order valence-corrected chi connectivity index (χ1v) is 11.4. The lowest BCUT2D eigenvalue weighted by atomic mass is 9.74. The third-order valence-electron chi connectivity index (χ3n) is 6.40. The van der Waals surface area contributed by atoms with Crippen molar-refractivity contribution in [3.8, 4) is 0 Å². The normalized spacial score (nSPS) is 21.1. The maximum Gasteiger partial charge on any atom is 0.270 e. The predicted molar refractivity (Wildman–Crippen MR) is 120 cm³/mol. The van der Waals surface area contributed by atoms with E-state index < -0.39 is 0 Å². The van der Waals surface area contributed by atoms with Gasteiger partial charge in [-0.3, -0.25) is 9.36 Å². The van der Waals surface area contributed by atoms with Crippen molar-refractivity contribution >= 4 is 46.7 Å². The van der Waals surface area contributed by atoms with Crippen molar-refractivity contribution < 1.29 is 0 Å². The second-order valence-corrected chi connectivity index (χ2v) is 9.83. The maximum atomic E-state index is 13.1. The van der Waals surface area contributed by atoms with E-state index in [1.807, 2.05) is 0 Å². The summed E-state index contributed by atoms with van der Waals surface area (Å²) in [6, 6.07) is 5.58. The van der Waals surface area contributed by atoms with Crippen molar-refractivity contribution in [2.24, 2.45) is 18.2 Å². The summed E-state index contributed by atoms with van der Waals surface area (Å²) in [6.45, 7) is 1.67. The summed E-state index contributed by atoms with van der Waals surface area (Å²) in [6.07, 6.45) is 5.58. The minimum absolute atomic E-state index is 0.189. The quantitative estimate of drug-likeness (QED) is 0.731. The van der Waals surface area contributed by atoms with E-state index in [-0.39, 0.29) is 22.8 Å². The van der Waals surface area contributed by atoms with E-state index in [4.69, 9.17) is 34.7 Å². The van der Waals surface area contributed by atoms with Crippen LogP contribution in [-0.4, -0.2) is 28.7 Å². The highest BCUT2D eigenvalue weighted by Gasteiger charge is 2.43. The Morgan fingerprint density at radius 1 is 1.24 bits per heavy atom. The summed E-state index contributed by atoms with van der Waals surface area (Å²) >= 11 is 13.6. The highest BCUT2D eigenvalue weighted by Crippen LogP contribution is 2.46. The summed E-state index contributed by atoms with van der Waals surface area (Å²) in [5, 5.41) is 0.836. The maximum absolute atomic E-state index is 13.1. The SMILES string of the molecule is Cn1c(N2CCC3(CCC[C@H]3N)CC2)nc(N)c(Sc2cccc(Cl)c2Cl)c1=O. The van der Waals surface area contributed by atoms with Gasteiger partial charge in [-0.15, -0.1) is 0 Å². The van der Waals surface area contributed by atoms with Crippen molar-refractivity contribution in [2.45, 2.75) is 47.9 Å². The molecule has 2 fully saturated rings. The molecule has 1 atom stereocenters. The number of piperidine rings is 1. The molecule has 1 saturated carbocycles. The van der Waals surface area contributed by atoms with Gasteiger partial charge in [0.25, 0.3) is 5.56 Å². The van der Waals surface area contributed by atoms with Crippen LogP contribution in [0.3, 0.4) is 0 Å². The highest BCUT2D eigenvalue weighted by molar-refractivity contribution is 7.99. The van der Waals surface area contributed by atoms with Crippen LogP contribution < -0.4 is 21.9 Å². The standard InChI is InChI=1S/C20H25Cl2N5OS/c1-26-18(28)16(29-13-5-2-4-12(21)15(13)22)17(24)25-19(26)27-10-8-20(9-11-27)7-3-6-14(20)23/h2,4-5,14H,3,6-11,23-24H2,1H3/t14-/m1/s1. The van der Waals surface area contributed by atoms with Crippen molar-refractivity contribution in [1.29, 1.82) is 0 Å². The van der Waals surface area contributed by atoms with Crippen LogP contribution in [0, 0.1) is 5.41 Å². The number of benzene rings is 1. The number of rotatable bonds is 3. The molecule has 6 nitrogen and oxygen atoms in total. The van der Waals surface area contributed by atoms with Gasteiger partial charge in [0.1, 0.15) is 10.7 Å². The predicted octanol–water partition coefficient (Wildman–Crippen LogP) is 3.92. The van der Waals surface area contributed by atoms with Crippen molar-refractivity contribution in [3.05, 3.63) is 38.6 Å². The first-order chi connectivity index (χ1) is 13.8. The van der Waals surface area contributed by atoms with Crippen LogP contribution in [0.25, 0.3) is 0 Å². The van der Waals surface area contributed by atoms with E-state index in [1.54, 1.807) is 29.8 Å². The van der Waals surface area contributed by atoms with Crippen LogP contribution in [0.2, 0.25) is 10.0 Å². The molecule has 2 aliphatic rings. The van der Waals surface area contributed by atoms with Gasteiger partial charge in [0.2, 0.25) is 5.95 Å². The molecule has 0 amide bonds. The van der Waals surface area contributed by atoms with Crippen LogP contribution in [0.1, 0.15) is 32.1 Å². The van der Waals surface area contributed by atoms with Crippen molar-refractivity contribution in [3.63, 3.8) is 0 Å². The molecule has 0 radical (unpaired) electrons. The number of halogens is 2. The van der Waals surface area contributed by atoms with Crippen molar-refractivity contribution in [1.82, 2.24) is 9.55 Å². The highest BCUT2D eigenvalue weighted by atomic mass is 35.5. The Morgan fingerprint density at radius 3 is 2.62 bits per heavy atom. The van der Waals surface area contributed by atoms with Gasteiger partial charge in [-0.1, -0.05) is 47.5 Å². The van der Waals surface area contributed by atoms with Gasteiger partial charge < -0.3 is 16.4 Å². The minimum atomic E-state index is -0.189. The van der Waals surface area contributed by atoms with Gasteiger partial charge in [0.15, 0.2) is 0 Å². The lowest BCUT2D eigenvalue weighted by molar-refractivity contribution is 0.196. The largest absolute Gasteiger partial charge is 0.382 e. The molecule has 1 aromatic carbocycles. The van der Waals surface area contributed by atoms with Crippen molar-refractivity contribution in [2.75, 3.05) is 23.7 Å². The fraction of sp³-hybridized carbons (Fsp3) is 0.500. The number of nitrogens with two attached hydrogens (primary N) is 2. The Bertz CT molecular complexity index is 988. The zero-order valence-corrected chi connectivity index (χ0v) is 18.7. The summed E-state index contributed by atoms with van der Waals surface area (Å²) in [7, 11) is 1.74. The zero-order chi connectivity index (χ0) is 20.8. The van der Waals surface area contributed by atoms with E-state index in [0.717, 1.165) is 32.4 Å². The Hall–Kier alpha value is -1.41. The van der Waals surface area contributed by atoms with Crippen LogP contribution in [-0.2, 0) is 7.05 Å². The Kier molecular flexibility index (Phi) is 5.77. The van der Waals surface area contributed by atoms with E-state index in [0.29, 0.717) is 25.8 Å². The third-order valence-corrected chi connectivity index (χ3v) is 8.48. The van der Waals surface area contributed by atoms with Crippen LogP contribution in [0.5, 0.6) is 0 Å². The average molecular weight is 454 g/mol. The molecule has 1 spiro atoms. The first-order valence-electron chi connectivity index (χ1n) is 9.81. The molecular formula is C20H25Cl2N5OS. The summed E-state index contributed by atoms with van der Waals surface area (Å²) in [4.78, 5) is 20.8. The molecule has 156 valence electrons. The molecule has 29 heavy (non-hydrogen) atoms. The molecular weight excluding hydrogens is 429 g/mol. The number of hydrogen-bond acceptors (Lipinski definition) is 6. The lowest BCUT2D eigenvalue weighted by Crippen LogP contribution is -2.48. The number of nitrogens with zero attached hydrogens (tertiary/aromatic N) is 3. The van der Waals surface area contributed by atoms with Crippen LogP contribution in [0.4, 0.5) is 11.8 Å². The number of aromatic nitrogens is 2. The molecule has 0 bridgehead atoms. The van der Waals surface area contributed by atoms with Gasteiger partial charge in [-0.2, -0.15) is 4.98 Å². The summed E-state index contributed by atoms with van der Waals surface area (Å²) < 4.78 is 1.57.